The van der Waals surface area contributed by atoms with E-state index in [-0.39, 0.29) is 0 Å². The number of allylic oxidation sites excluding steroid dienone is 4. The third-order valence-electron chi connectivity index (χ3n) is 0.996. The maximum Gasteiger partial charge on any atom is 0.0566 e. The molecular weight excluding hydrogens is 122 g/mol. The van der Waals surface area contributed by atoms with Gasteiger partial charge in [-0.15, -0.1) is 0 Å². The third-order valence-corrected chi connectivity index (χ3v) is 0.996. The second-order valence-electron chi connectivity index (χ2n) is 1.95. The van der Waals surface area contributed by atoms with Gasteiger partial charge >= 0.3 is 0 Å². The van der Waals surface area contributed by atoms with E-state index in [0.717, 1.165) is 0 Å². The Balaban J connectivity index is 3.75. The zero-order valence-electron chi connectivity index (χ0n) is 6.38. The van der Waals surface area contributed by atoms with Gasteiger partial charge in [-0.25, -0.2) is 0 Å². The lowest BCUT2D eigenvalue weighted by molar-refractivity contribution is 1.26. The molecule has 0 bridgehead atoms. The zero-order chi connectivity index (χ0) is 7.82. The Morgan fingerprint density at radius 2 is 2.30 bits per heavy atom. The fraction of sp³-hybridized carbons (Fsp3) is 0.222. The van der Waals surface area contributed by atoms with Gasteiger partial charge in [0.25, 0.3) is 0 Å². The zero-order valence-corrected chi connectivity index (χ0v) is 6.38. The lowest BCUT2D eigenvalue weighted by Crippen LogP contribution is -1.70. The van der Waals surface area contributed by atoms with Gasteiger partial charge in [0, 0.05) is 0 Å². The largest absolute Gasteiger partial charge is 0.297 e. The molecule has 0 aromatic heterocycles. The lowest BCUT2D eigenvalue weighted by atomic mass is 10.2. The van der Waals surface area contributed by atoms with Crippen LogP contribution in [0.15, 0.2) is 41.4 Å². The summed E-state index contributed by atoms with van der Waals surface area (Å²) in [6.45, 7) is 9.64. The number of aliphatic imine (C=N–C) groups is 1. The van der Waals surface area contributed by atoms with Crippen molar-refractivity contribution < 1.29 is 0 Å². The fourth-order valence-corrected chi connectivity index (χ4v) is 0.555. The molecule has 0 spiro atoms. The van der Waals surface area contributed by atoms with E-state index in [0.29, 0.717) is 6.54 Å². The van der Waals surface area contributed by atoms with Crippen molar-refractivity contribution in [2.45, 2.75) is 6.92 Å². The molecule has 1 nitrogen and oxygen atoms in total. The van der Waals surface area contributed by atoms with Crippen LogP contribution in [0.25, 0.3) is 0 Å². The Morgan fingerprint density at radius 3 is 2.80 bits per heavy atom. The topological polar surface area (TPSA) is 12.4 Å². The molecule has 0 saturated heterocycles. The van der Waals surface area contributed by atoms with E-state index >= 15 is 0 Å². The lowest BCUT2D eigenvalue weighted by Gasteiger charge is -1.85. The van der Waals surface area contributed by atoms with E-state index < -0.39 is 0 Å². The fourth-order valence-electron chi connectivity index (χ4n) is 0.555. The smallest absolute Gasteiger partial charge is 0.0566 e. The second kappa shape index (κ2) is 6.02. The average Bonchev–Trinajstić information content (AvgIpc) is 1.89. The maximum atomic E-state index is 3.68. The van der Waals surface area contributed by atoms with Crippen LogP contribution >= 0.6 is 0 Å². The van der Waals surface area contributed by atoms with Gasteiger partial charge in [-0.1, -0.05) is 36.5 Å². The number of rotatable bonds is 4. The van der Waals surface area contributed by atoms with Gasteiger partial charge in [0.2, 0.25) is 0 Å². The van der Waals surface area contributed by atoms with Crippen molar-refractivity contribution in [2.75, 3.05) is 6.54 Å². The standard InChI is InChI=1S/C9H13N/c1-4-6-9(2)7-5-8-10-3/h4-7H,1,3,8H2,2H3/b7-5-,9-6+. The minimum atomic E-state index is 0.683. The van der Waals surface area contributed by atoms with E-state index in [2.05, 4.69) is 18.3 Å². The Hall–Kier alpha value is -1.11. The van der Waals surface area contributed by atoms with Crippen molar-refractivity contribution >= 4 is 6.72 Å². The molecule has 0 aliphatic carbocycles. The van der Waals surface area contributed by atoms with Gasteiger partial charge in [0.05, 0.1) is 6.54 Å². The highest BCUT2D eigenvalue weighted by Crippen LogP contribution is 1.93. The highest BCUT2D eigenvalue weighted by molar-refractivity contribution is 5.25. The molecule has 0 fully saturated rings. The van der Waals surface area contributed by atoms with Crippen molar-refractivity contribution in [1.82, 2.24) is 0 Å². The van der Waals surface area contributed by atoms with E-state index in [1.165, 1.54) is 5.57 Å². The summed E-state index contributed by atoms with van der Waals surface area (Å²) in [5.74, 6) is 0. The summed E-state index contributed by atoms with van der Waals surface area (Å²) in [5, 5.41) is 0. The SMILES string of the molecule is C=C/C=C(C)/C=C\CN=C. The van der Waals surface area contributed by atoms with E-state index in [1.807, 2.05) is 25.2 Å². The predicted molar refractivity (Wildman–Crippen MR) is 47.5 cm³/mol. The van der Waals surface area contributed by atoms with Crippen LogP contribution in [0.4, 0.5) is 0 Å². The van der Waals surface area contributed by atoms with Crippen molar-refractivity contribution in [3.8, 4) is 0 Å². The van der Waals surface area contributed by atoms with Crippen LogP contribution in [0.3, 0.4) is 0 Å². The molecule has 0 aromatic carbocycles. The minimum absolute atomic E-state index is 0.683. The predicted octanol–water partition coefficient (Wildman–Crippen LogP) is 2.38. The molecule has 0 aromatic rings. The molecule has 0 atom stereocenters. The van der Waals surface area contributed by atoms with Gasteiger partial charge in [-0.3, -0.25) is 4.99 Å². The van der Waals surface area contributed by atoms with Crippen molar-refractivity contribution in [1.29, 1.82) is 0 Å². The van der Waals surface area contributed by atoms with Crippen LogP contribution in [0.1, 0.15) is 6.92 Å². The van der Waals surface area contributed by atoms with Gasteiger partial charge < -0.3 is 0 Å². The Labute approximate surface area is 62.5 Å². The van der Waals surface area contributed by atoms with Crippen LogP contribution in [0.2, 0.25) is 0 Å². The van der Waals surface area contributed by atoms with Gasteiger partial charge in [-0.05, 0) is 13.6 Å². The monoisotopic (exact) mass is 135 g/mol. The Bertz CT molecular complexity index is 164. The quantitative estimate of drug-likeness (QED) is 0.414. The molecule has 54 valence electrons. The Morgan fingerprint density at radius 1 is 1.60 bits per heavy atom. The van der Waals surface area contributed by atoms with Gasteiger partial charge in [0.1, 0.15) is 0 Å². The first-order valence-electron chi connectivity index (χ1n) is 3.19. The summed E-state index contributed by atoms with van der Waals surface area (Å²) in [7, 11) is 0. The molecule has 0 N–H and O–H groups in total. The summed E-state index contributed by atoms with van der Waals surface area (Å²) in [6.07, 6.45) is 7.67. The highest BCUT2D eigenvalue weighted by Gasteiger charge is 1.75. The maximum absolute atomic E-state index is 3.68. The highest BCUT2D eigenvalue weighted by atomic mass is 14.6. The molecule has 0 rings (SSSR count). The van der Waals surface area contributed by atoms with E-state index in [1.54, 1.807) is 6.08 Å². The molecule has 0 aliphatic rings. The van der Waals surface area contributed by atoms with Gasteiger partial charge in [0.15, 0.2) is 0 Å². The number of hydrogen-bond acceptors (Lipinski definition) is 1. The van der Waals surface area contributed by atoms with Crippen molar-refractivity contribution in [3.05, 3.63) is 36.5 Å². The molecule has 10 heavy (non-hydrogen) atoms. The molecule has 0 heterocycles. The summed E-state index contributed by atoms with van der Waals surface area (Å²) in [5.41, 5.74) is 1.18. The molecule has 0 amide bonds. The molecule has 0 radical (unpaired) electrons. The normalized spacial score (nSPS) is 11.9. The first kappa shape index (κ1) is 8.89. The summed E-state index contributed by atoms with van der Waals surface area (Å²) in [4.78, 5) is 3.68. The third kappa shape index (κ3) is 5.04. The van der Waals surface area contributed by atoms with Crippen LogP contribution in [-0.4, -0.2) is 13.3 Å². The molecule has 0 saturated carbocycles. The number of hydrogen-bond donors (Lipinski definition) is 0. The first-order valence-corrected chi connectivity index (χ1v) is 3.19. The van der Waals surface area contributed by atoms with Crippen molar-refractivity contribution in [3.63, 3.8) is 0 Å². The van der Waals surface area contributed by atoms with Crippen LogP contribution < -0.4 is 0 Å². The van der Waals surface area contributed by atoms with Crippen LogP contribution in [0.5, 0.6) is 0 Å². The summed E-state index contributed by atoms with van der Waals surface area (Å²) in [6, 6.07) is 0. The molecule has 0 unspecified atom stereocenters. The van der Waals surface area contributed by atoms with E-state index in [9.17, 15) is 0 Å². The summed E-state index contributed by atoms with van der Waals surface area (Å²) >= 11 is 0. The minimum Gasteiger partial charge on any atom is -0.297 e. The van der Waals surface area contributed by atoms with Gasteiger partial charge in [-0.2, -0.15) is 0 Å². The second-order valence-corrected chi connectivity index (χ2v) is 1.95. The Kier molecular flexibility index (Phi) is 5.35. The molecular formula is C9H13N. The first-order chi connectivity index (χ1) is 4.81. The number of nitrogens with zero attached hydrogens (tertiary/aromatic N) is 1. The van der Waals surface area contributed by atoms with E-state index in [4.69, 9.17) is 0 Å². The van der Waals surface area contributed by atoms with Crippen molar-refractivity contribution in [2.24, 2.45) is 4.99 Å². The summed E-state index contributed by atoms with van der Waals surface area (Å²) < 4.78 is 0. The molecule has 0 aliphatic heterocycles. The average molecular weight is 135 g/mol. The van der Waals surface area contributed by atoms with Crippen LogP contribution in [-0.2, 0) is 0 Å². The molecule has 1 heteroatoms. The van der Waals surface area contributed by atoms with Crippen LogP contribution in [0, 0.1) is 0 Å².